The molecule has 1 aliphatic heterocycles. The lowest BCUT2D eigenvalue weighted by Crippen LogP contribution is -2.52. The van der Waals surface area contributed by atoms with Gasteiger partial charge in [0.1, 0.15) is 0 Å². The average Bonchev–Trinajstić information content (AvgIpc) is 2.90. The topological polar surface area (TPSA) is 50.2 Å². The van der Waals surface area contributed by atoms with Crippen LogP contribution in [-0.4, -0.2) is 46.3 Å². The number of carbonyl (C=O) groups is 1. The molecule has 0 saturated carbocycles. The summed E-state index contributed by atoms with van der Waals surface area (Å²) in [5.74, 6) is 0.0729. The van der Waals surface area contributed by atoms with E-state index >= 15 is 0 Å². The highest BCUT2D eigenvalue weighted by Gasteiger charge is 2.26. The molecule has 3 rings (SSSR count). The fourth-order valence-electron chi connectivity index (χ4n) is 2.75. The van der Waals surface area contributed by atoms with Gasteiger partial charge >= 0.3 is 0 Å². The number of para-hydroxylation sites is 1. The van der Waals surface area contributed by atoms with E-state index in [4.69, 9.17) is 0 Å². The molecule has 2 aromatic rings. The van der Waals surface area contributed by atoms with Crippen molar-refractivity contribution in [1.82, 2.24) is 20.0 Å². The van der Waals surface area contributed by atoms with E-state index in [1.54, 1.807) is 6.20 Å². The van der Waals surface area contributed by atoms with Gasteiger partial charge in [0.25, 0.3) is 5.91 Å². The Morgan fingerprint density at radius 2 is 2.10 bits per heavy atom. The Hall–Kier alpha value is -2.14. The van der Waals surface area contributed by atoms with Crippen molar-refractivity contribution in [3.8, 4) is 5.69 Å². The maximum atomic E-state index is 12.7. The summed E-state index contributed by atoms with van der Waals surface area (Å²) >= 11 is 0. The Kier molecular flexibility index (Phi) is 3.75. The first-order valence-electron chi connectivity index (χ1n) is 7.30. The van der Waals surface area contributed by atoms with Crippen LogP contribution in [0, 0.1) is 6.92 Å². The number of piperazine rings is 1. The molecule has 1 aliphatic rings. The summed E-state index contributed by atoms with van der Waals surface area (Å²) < 4.78 is 1.82. The van der Waals surface area contributed by atoms with Crippen LogP contribution in [0.25, 0.3) is 5.69 Å². The number of rotatable bonds is 2. The third-order valence-corrected chi connectivity index (χ3v) is 4.00. The van der Waals surface area contributed by atoms with Gasteiger partial charge in [-0.3, -0.25) is 4.79 Å². The summed E-state index contributed by atoms with van der Waals surface area (Å²) in [5.41, 5.74) is 2.55. The lowest BCUT2D eigenvalue weighted by Gasteiger charge is -2.33. The molecule has 0 radical (unpaired) electrons. The fraction of sp³-hybridized carbons (Fsp3) is 0.375. The zero-order valence-electron chi connectivity index (χ0n) is 12.4. The summed E-state index contributed by atoms with van der Waals surface area (Å²) in [7, 11) is 0. The molecule has 0 bridgehead atoms. The van der Waals surface area contributed by atoms with E-state index in [1.165, 1.54) is 0 Å². The molecule has 5 heteroatoms. The van der Waals surface area contributed by atoms with Gasteiger partial charge in [0.15, 0.2) is 0 Å². The van der Waals surface area contributed by atoms with Gasteiger partial charge in [0, 0.05) is 25.7 Å². The van der Waals surface area contributed by atoms with Crippen LogP contribution >= 0.6 is 0 Å². The number of hydrogen-bond donors (Lipinski definition) is 1. The number of aromatic nitrogens is 2. The number of carbonyl (C=O) groups excluding carboxylic acids is 1. The molecule has 1 saturated heterocycles. The molecule has 1 amide bonds. The van der Waals surface area contributed by atoms with Gasteiger partial charge in [0.2, 0.25) is 0 Å². The van der Waals surface area contributed by atoms with Gasteiger partial charge in [-0.1, -0.05) is 18.2 Å². The third-order valence-electron chi connectivity index (χ3n) is 4.00. The normalized spacial score (nSPS) is 18.8. The number of nitrogens with zero attached hydrogens (tertiary/aromatic N) is 3. The highest BCUT2D eigenvalue weighted by molar-refractivity contribution is 5.95. The summed E-state index contributed by atoms with van der Waals surface area (Å²) in [6.07, 6.45) is 1.68. The zero-order valence-corrected chi connectivity index (χ0v) is 12.4. The predicted molar refractivity (Wildman–Crippen MR) is 81.7 cm³/mol. The molecule has 1 fully saturated rings. The fourth-order valence-corrected chi connectivity index (χ4v) is 2.75. The van der Waals surface area contributed by atoms with Gasteiger partial charge in [-0.2, -0.15) is 5.10 Å². The molecule has 110 valence electrons. The molecule has 5 nitrogen and oxygen atoms in total. The van der Waals surface area contributed by atoms with E-state index in [0.717, 1.165) is 31.0 Å². The minimum atomic E-state index is 0.0729. The Morgan fingerprint density at radius 1 is 1.33 bits per heavy atom. The first-order valence-corrected chi connectivity index (χ1v) is 7.30. The van der Waals surface area contributed by atoms with Crippen molar-refractivity contribution in [2.24, 2.45) is 0 Å². The van der Waals surface area contributed by atoms with Crippen LogP contribution < -0.4 is 5.32 Å². The second-order valence-electron chi connectivity index (χ2n) is 5.44. The molecule has 21 heavy (non-hydrogen) atoms. The van der Waals surface area contributed by atoms with Gasteiger partial charge in [-0.15, -0.1) is 0 Å². The van der Waals surface area contributed by atoms with E-state index in [0.29, 0.717) is 5.56 Å². The van der Waals surface area contributed by atoms with E-state index in [2.05, 4.69) is 17.3 Å². The highest BCUT2D eigenvalue weighted by Crippen LogP contribution is 2.17. The van der Waals surface area contributed by atoms with Gasteiger partial charge in [-0.05, 0) is 26.0 Å². The number of hydrogen-bond acceptors (Lipinski definition) is 3. The maximum Gasteiger partial charge on any atom is 0.257 e. The molecule has 0 aliphatic carbocycles. The number of nitrogens with one attached hydrogen (secondary N) is 1. The number of amides is 1. The Balaban J connectivity index is 1.90. The van der Waals surface area contributed by atoms with Crippen molar-refractivity contribution in [3.63, 3.8) is 0 Å². The lowest BCUT2D eigenvalue weighted by molar-refractivity contribution is 0.0655. The Bertz CT molecular complexity index is 635. The largest absolute Gasteiger partial charge is 0.333 e. The Labute approximate surface area is 124 Å². The smallest absolute Gasteiger partial charge is 0.257 e. The summed E-state index contributed by atoms with van der Waals surface area (Å²) in [6, 6.07) is 10.1. The van der Waals surface area contributed by atoms with Crippen LogP contribution in [-0.2, 0) is 0 Å². The van der Waals surface area contributed by atoms with Crippen LogP contribution in [0.5, 0.6) is 0 Å². The zero-order chi connectivity index (χ0) is 14.8. The Morgan fingerprint density at radius 3 is 2.81 bits per heavy atom. The lowest BCUT2D eigenvalue weighted by atomic mass is 10.1. The van der Waals surface area contributed by atoms with Crippen molar-refractivity contribution < 1.29 is 4.79 Å². The molecule has 1 aromatic carbocycles. The molecule has 1 unspecified atom stereocenters. The summed E-state index contributed by atoms with van der Waals surface area (Å²) in [6.45, 7) is 6.45. The second-order valence-corrected chi connectivity index (χ2v) is 5.44. The van der Waals surface area contributed by atoms with E-state index in [-0.39, 0.29) is 11.9 Å². The minimum Gasteiger partial charge on any atom is -0.333 e. The molecule has 1 N–H and O–H groups in total. The van der Waals surface area contributed by atoms with Crippen LogP contribution in [0.15, 0.2) is 36.5 Å². The molecule has 1 aromatic heterocycles. The molecular weight excluding hydrogens is 264 g/mol. The van der Waals surface area contributed by atoms with E-state index in [9.17, 15) is 4.79 Å². The third kappa shape index (κ3) is 2.56. The first-order chi connectivity index (χ1) is 10.2. The van der Waals surface area contributed by atoms with Crippen LogP contribution in [0.1, 0.15) is 23.0 Å². The van der Waals surface area contributed by atoms with Crippen molar-refractivity contribution in [1.29, 1.82) is 0 Å². The SMILES string of the molecule is Cc1c(C(=O)N2CCNCC2C)cnn1-c1ccccc1. The first kappa shape index (κ1) is 13.8. The quantitative estimate of drug-likeness (QED) is 0.911. The maximum absolute atomic E-state index is 12.7. The van der Waals surface area contributed by atoms with E-state index in [1.807, 2.05) is 46.8 Å². The van der Waals surface area contributed by atoms with Crippen molar-refractivity contribution in [2.75, 3.05) is 19.6 Å². The monoisotopic (exact) mass is 284 g/mol. The van der Waals surface area contributed by atoms with Crippen LogP contribution in [0.4, 0.5) is 0 Å². The predicted octanol–water partition coefficient (Wildman–Crippen LogP) is 1.61. The van der Waals surface area contributed by atoms with Crippen molar-refractivity contribution >= 4 is 5.91 Å². The van der Waals surface area contributed by atoms with Crippen LogP contribution in [0.2, 0.25) is 0 Å². The highest BCUT2D eigenvalue weighted by atomic mass is 16.2. The standard InChI is InChI=1S/C16H20N4O/c1-12-10-17-8-9-19(12)16(21)15-11-18-20(13(15)2)14-6-4-3-5-7-14/h3-7,11-12,17H,8-10H2,1-2H3. The second kappa shape index (κ2) is 5.69. The summed E-state index contributed by atoms with van der Waals surface area (Å²) in [4.78, 5) is 14.6. The molecule has 2 heterocycles. The molecular formula is C16H20N4O. The van der Waals surface area contributed by atoms with Crippen molar-refractivity contribution in [2.45, 2.75) is 19.9 Å². The molecule has 1 atom stereocenters. The van der Waals surface area contributed by atoms with Gasteiger partial charge in [-0.25, -0.2) is 4.68 Å². The van der Waals surface area contributed by atoms with Gasteiger partial charge in [0.05, 0.1) is 23.1 Å². The average molecular weight is 284 g/mol. The van der Waals surface area contributed by atoms with Crippen molar-refractivity contribution in [3.05, 3.63) is 47.8 Å². The van der Waals surface area contributed by atoms with Gasteiger partial charge < -0.3 is 10.2 Å². The molecule has 0 spiro atoms. The van der Waals surface area contributed by atoms with E-state index < -0.39 is 0 Å². The minimum absolute atomic E-state index is 0.0729. The summed E-state index contributed by atoms with van der Waals surface area (Å²) in [5, 5.41) is 7.68. The number of benzene rings is 1. The van der Waals surface area contributed by atoms with Crippen LogP contribution in [0.3, 0.4) is 0 Å².